The van der Waals surface area contributed by atoms with Crippen molar-refractivity contribution in [3.63, 3.8) is 0 Å². The summed E-state index contributed by atoms with van der Waals surface area (Å²) in [5.41, 5.74) is 2.01. The van der Waals surface area contributed by atoms with Crippen LogP contribution in [0, 0.1) is 13.8 Å². The van der Waals surface area contributed by atoms with Crippen LogP contribution < -0.4 is 15.4 Å². The average Bonchev–Trinajstić information content (AvgIpc) is 3.28. The number of rotatable bonds is 6. The van der Waals surface area contributed by atoms with E-state index < -0.39 is 0 Å². The fraction of sp³-hybridized carbons (Fsp3) is 0.609. The molecule has 3 rings (SSSR count). The van der Waals surface area contributed by atoms with Crippen molar-refractivity contribution in [3.8, 4) is 5.75 Å². The molecule has 7 nitrogen and oxygen atoms in total. The van der Waals surface area contributed by atoms with Crippen molar-refractivity contribution in [1.29, 1.82) is 0 Å². The number of hydrogen-bond donors (Lipinski definition) is 2. The van der Waals surface area contributed by atoms with Crippen molar-refractivity contribution in [2.75, 3.05) is 0 Å². The number of nitrogens with zero attached hydrogens (tertiary/aromatic N) is 4. The van der Waals surface area contributed by atoms with Gasteiger partial charge in [-0.1, -0.05) is 25.0 Å². The van der Waals surface area contributed by atoms with Crippen LogP contribution in [0.15, 0.2) is 23.2 Å². The lowest BCUT2D eigenvalue weighted by molar-refractivity contribution is 0.129. The second kappa shape index (κ2) is 11.2. The first kappa shape index (κ1) is 25.4. The molecule has 172 valence electrons. The molecule has 0 radical (unpaired) electrons. The van der Waals surface area contributed by atoms with Crippen molar-refractivity contribution in [2.24, 2.45) is 12.0 Å². The monoisotopic (exact) mass is 540 g/mol. The van der Waals surface area contributed by atoms with Gasteiger partial charge in [0.15, 0.2) is 11.8 Å². The largest absolute Gasteiger partial charge is 0.488 e. The van der Waals surface area contributed by atoms with E-state index in [2.05, 4.69) is 66.7 Å². The van der Waals surface area contributed by atoms with Crippen LogP contribution in [0.4, 0.5) is 0 Å². The van der Waals surface area contributed by atoms with Crippen LogP contribution in [0.2, 0.25) is 0 Å². The Balaban J connectivity index is 0.00000341. The predicted octanol–water partition coefficient (Wildman–Crippen LogP) is 4.41. The summed E-state index contributed by atoms with van der Waals surface area (Å²) in [6.07, 6.45) is 4.92. The number of guanidine groups is 1. The van der Waals surface area contributed by atoms with Gasteiger partial charge in [-0.15, -0.1) is 34.2 Å². The van der Waals surface area contributed by atoms with E-state index in [9.17, 15) is 0 Å². The van der Waals surface area contributed by atoms with Gasteiger partial charge in [0.2, 0.25) is 0 Å². The van der Waals surface area contributed by atoms with Crippen LogP contribution in [-0.4, -0.2) is 32.4 Å². The van der Waals surface area contributed by atoms with Crippen molar-refractivity contribution < 1.29 is 4.74 Å². The van der Waals surface area contributed by atoms with Gasteiger partial charge in [0.1, 0.15) is 17.2 Å². The van der Waals surface area contributed by atoms with Crippen LogP contribution >= 0.6 is 24.0 Å². The lowest BCUT2D eigenvalue weighted by Crippen LogP contribution is -2.42. The maximum absolute atomic E-state index is 6.20. The molecule has 0 saturated heterocycles. The predicted molar refractivity (Wildman–Crippen MR) is 136 cm³/mol. The van der Waals surface area contributed by atoms with Crippen molar-refractivity contribution in [1.82, 2.24) is 25.4 Å². The minimum Gasteiger partial charge on any atom is -0.488 e. The standard InChI is InChI=1S/C23H36N6O.HI/c1-16-11-12-18(20(13-16)30-23(3,4)5)14-24-22(26-19-9-7-8-10-19)25-15-21-28-27-17(2)29(21)6;/h11-13,19H,7-10,14-15H2,1-6H3,(H2,24,25,26);1H. The van der Waals surface area contributed by atoms with Crippen molar-refractivity contribution in [2.45, 2.75) is 85.0 Å². The fourth-order valence-corrected chi connectivity index (χ4v) is 3.57. The highest BCUT2D eigenvalue weighted by Crippen LogP contribution is 2.25. The molecule has 31 heavy (non-hydrogen) atoms. The van der Waals surface area contributed by atoms with Gasteiger partial charge < -0.3 is 19.9 Å². The molecule has 0 atom stereocenters. The molecule has 1 heterocycles. The minimum atomic E-state index is -0.251. The molecule has 0 amide bonds. The third kappa shape index (κ3) is 7.66. The first-order valence-corrected chi connectivity index (χ1v) is 10.9. The summed E-state index contributed by atoms with van der Waals surface area (Å²) >= 11 is 0. The summed E-state index contributed by atoms with van der Waals surface area (Å²) in [5, 5.41) is 15.4. The number of aryl methyl sites for hydroxylation is 2. The number of nitrogens with one attached hydrogen (secondary N) is 2. The van der Waals surface area contributed by atoms with Crippen molar-refractivity contribution >= 4 is 29.9 Å². The maximum Gasteiger partial charge on any atom is 0.192 e. The van der Waals surface area contributed by atoms with Gasteiger partial charge in [0, 0.05) is 18.7 Å². The highest BCUT2D eigenvalue weighted by Gasteiger charge is 2.18. The fourth-order valence-electron chi connectivity index (χ4n) is 3.57. The molecule has 2 N–H and O–H groups in total. The van der Waals surface area contributed by atoms with Gasteiger partial charge >= 0.3 is 0 Å². The Morgan fingerprint density at radius 3 is 2.52 bits per heavy atom. The number of halogens is 1. The Morgan fingerprint density at radius 2 is 1.90 bits per heavy atom. The molecule has 1 saturated carbocycles. The Labute approximate surface area is 203 Å². The second-order valence-corrected chi connectivity index (χ2v) is 9.19. The zero-order valence-electron chi connectivity index (χ0n) is 19.7. The Kier molecular flexibility index (Phi) is 9.14. The van der Waals surface area contributed by atoms with Gasteiger partial charge in [-0.25, -0.2) is 4.99 Å². The Bertz CT molecular complexity index is 881. The smallest absolute Gasteiger partial charge is 0.192 e. The molecule has 1 fully saturated rings. The van der Waals surface area contributed by atoms with E-state index in [1.165, 1.54) is 31.2 Å². The van der Waals surface area contributed by atoms with Gasteiger partial charge in [-0.3, -0.25) is 0 Å². The highest BCUT2D eigenvalue weighted by atomic mass is 127. The molecule has 1 aliphatic rings. The summed E-state index contributed by atoms with van der Waals surface area (Å²) in [6, 6.07) is 6.79. The van der Waals surface area contributed by atoms with Crippen molar-refractivity contribution in [3.05, 3.63) is 41.0 Å². The van der Waals surface area contributed by atoms with Crippen LogP contribution in [0.5, 0.6) is 5.75 Å². The van der Waals surface area contributed by atoms with Gasteiger partial charge in [0.05, 0.1) is 13.1 Å². The molecule has 1 aliphatic carbocycles. The van der Waals surface area contributed by atoms with E-state index in [0.717, 1.165) is 28.9 Å². The van der Waals surface area contributed by atoms with E-state index in [1.807, 2.05) is 18.5 Å². The summed E-state index contributed by atoms with van der Waals surface area (Å²) < 4.78 is 8.19. The molecule has 0 unspecified atom stereocenters. The quantitative estimate of drug-likeness (QED) is 0.323. The molecule has 0 spiro atoms. The number of aliphatic imine (C=N–C) groups is 1. The maximum atomic E-state index is 6.20. The first-order valence-electron chi connectivity index (χ1n) is 10.9. The summed E-state index contributed by atoms with van der Waals surface area (Å²) in [5.74, 6) is 3.50. The van der Waals surface area contributed by atoms with Crippen LogP contribution in [0.1, 0.15) is 69.2 Å². The van der Waals surface area contributed by atoms with E-state index in [-0.39, 0.29) is 29.6 Å². The lowest BCUT2D eigenvalue weighted by atomic mass is 10.1. The second-order valence-electron chi connectivity index (χ2n) is 9.19. The zero-order valence-corrected chi connectivity index (χ0v) is 22.0. The normalized spacial score (nSPS) is 15.0. The van der Waals surface area contributed by atoms with Crippen LogP contribution in [0.3, 0.4) is 0 Å². The lowest BCUT2D eigenvalue weighted by Gasteiger charge is -2.23. The topological polar surface area (TPSA) is 76.4 Å². The van der Waals surface area contributed by atoms with Crippen LogP contribution in [0.25, 0.3) is 0 Å². The van der Waals surface area contributed by atoms with E-state index in [1.54, 1.807) is 0 Å². The third-order valence-electron chi connectivity index (χ3n) is 5.34. The van der Waals surface area contributed by atoms with E-state index in [0.29, 0.717) is 19.1 Å². The van der Waals surface area contributed by atoms with Crippen LogP contribution in [-0.2, 0) is 20.1 Å². The summed E-state index contributed by atoms with van der Waals surface area (Å²) in [6.45, 7) is 11.4. The average molecular weight is 540 g/mol. The minimum absolute atomic E-state index is 0. The molecular weight excluding hydrogens is 503 g/mol. The first-order chi connectivity index (χ1) is 14.2. The number of aromatic nitrogens is 3. The molecule has 1 aromatic heterocycles. The van der Waals surface area contributed by atoms with Gasteiger partial charge in [0.25, 0.3) is 0 Å². The SMILES string of the molecule is Cc1ccc(CN=C(NCc2nnc(C)n2C)NC2CCCC2)c(OC(C)(C)C)c1.I. The zero-order chi connectivity index (χ0) is 21.7. The Hall–Kier alpha value is -1.84. The molecular formula is C23H37IN6O. The molecule has 2 aromatic rings. The summed E-state index contributed by atoms with van der Waals surface area (Å²) in [7, 11) is 1.98. The molecule has 0 bridgehead atoms. The number of benzene rings is 1. The van der Waals surface area contributed by atoms with E-state index >= 15 is 0 Å². The van der Waals surface area contributed by atoms with Gasteiger partial charge in [-0.05, 0) is 59.1 Å². The number of ether oxygens (including phenoxy) is 1. The molecule has 0 aliphatic heterocycles. The highest BCUT2D eigenvalue weighted by molar-refractivity contribution is 14.0. The van der Waals surface area contributed by atoms with Gasteiger partial charge in [-0.2, -0.15) is 0 Å². The number of hydrogen-bond acceptors (Lipinski definition) is 4. The molecule has 1 aromatic carbocycles. The van der Waals surface area contributed by atoms with E-state index in [4.69, 9.17) is 9.73 Å². The molecule has 8 heteroatoms. The summed E-state index contributed by atoms with van der Waals surface area (Å²) in [4.78, 5) is 4.89. The Morgan fingerprint density at radius 1 is 1.19 bits per heavy atom. The third-order valence-corrected chi connectivity index (χ3v) is 5.34.